The van der Waals surface area contributed by atoms with E-state index >= 15 is 0 Å². The fraction of sp³-hybridized carbons (Fsp3) is 0.727. The maximum atomic E-state index is 6.28. The first-order valence-electron chi connectivity index (χ1n) is 5.63. The molecule has 1 rings (SSSR count). The van der Waals surface area contributed by atoms with Gasteiger partial charge in [-0.3, -0.25) is 9.58 Å². The molecule has 1 N–H and O–H groups in total. The van der Waals surface area contributed by atoms with Gasteiger partial charge in [0.05, 0.1) is 16.4 Å². The van der Waals surface area contributed by atoms with E-state index in [4.69, 9.17) is 11.6 Å². The van der Waals surface area contributed by atoms with Gasteiger partial charge < -0.3 is 5.32 Å². The summed E-state index contributed by atoms with van der Waals surface area (Å²) in [5, 5.41) is 8.36. The lowest BCUT2D eigenvalue weighted by atomic mass is 10.3. The number of likely N-dealkylation sites (N-methyl/N-ethyl adjacent to an activating group) is 2. The van der Waals surface area contributed by atoms with Crippen molar-refractivity contribution < 1.29 is 0 Å². The number of hydrogen-bond donors (Lipinski definition) is 1. The van der Waals surface area contributed by atoms with E-state index in [1.54, 1.807) is 0 Å². The number of nitrogens with zero attached hydrogens (tertiary/aromatic N) is 3. The third-order valence-electron chi connectivity index (χ3n) is 2.67. The van der Waals surface area contributed by atoms with Crippen molar-refractivity contribution in [2.45, 2.75) is 19.9 Å². The van der Waals surface area contributed by atoms with Gasteiger partial charge in [0.2, 0.25) is 0 Å². The number of nitrogens with one attached hydrogen (secondary N) is 1. The molecule has 0 aromatic carbocycles. The average molecular weight is 245 g/mol. The van der Waals surface area contributed by atoms with Crippen molar-refractivity contribution in [3.8, 4) is 0 Å². The second-order valence-corrected chi connectivity index (χ2v) is 4.40. The largest absolute Gasteiger partial charge is 0.318 e. The SMILES string of the molecule is CCc1nn(C)c(CN(C)CCNC)c1Cl. The number of halogens is 1. The molecule has 0 amide bonds. The molecule has 0 unspecified atom stereocenters. The standard InChI is InChI=1S/C11H21ClN4/c1-5-9-11(12)10(16(4)14-9)8-15(3)7-6-13-2/h13H,5-8H2,1-4H3. The molecule has 0 bridgehead atoms. The highest BCUT2D eigenvalue weighted by atomic mass is 35.5. The van der Waals surface area contributed by atoms with Crippen molar-refractivity contribution in [1.29, 1.82) is 0 Å². The predicted octanol–water partition coefficient (Wildman–Crippen LogP) is 1.29. The van der Waals surface area contributed by atoms with Crippen LogP contribution in [-0.2, 0) is 20.0 Å². The van der Waals surface area contributed by atoms with Crippen molar-refractivity contribution in [1.82, 2.24) is 20.0 Å². The minimum absolute atomic E-state index is 0.821. The predicted molar refractivity (Wildman–Crippen MR) is 67.9 cm³/mol. The maximum Gasteiger partial charge on any atom is 0.0863 e. The lowest BCUT2D eigenvalue weighted by molar-refractivity contribution is 0.319. The molecule has 92 valence electrons. The Morgan fingerprint density at radius 2 is 2.19 bits per heavy atom. The van der Waals surface area contributed by atoms with Gasteiger partial charge >= 0.3 is 0 Å². The van der Waals surface area contributed by atoms with Crippen molar-refractivity contribution in [3.05, 3.63) is 16.4 Å². The number of rotatable bonds is 6. The van der Waals surface area contributed by atoms with E-state index in [0.717, 1.165) is 42.5 Å². The Bertz CT molecular complexity index is 335. The van der Waals surface area contributed by atoms with Gasteiger partial charge in [-0.1, -0.05) is 18.5 Å². The van der Waals surface area contributed by atoms with E-state index in [-0.39, 0.29) is 0 Å². The maximum absolute atomic E-state index is 6.28. The van der Waals surface area contributed by atoms with Gasteiger partial charge in [-0.05, 0) is 20.5 Å². The van der Waals surface area contributed by atoms with E-state index in [0.29, 0.717) is 0 Å². The van der Waals surface area contributed by atoms with Crippen molar-refractivity contribution >= 4 is 11.6 Å². The Morgan fingerprint density at radius 3 is 2.69 bits per heavy atom. The Morgan fingerprint density at radius 1 is 1.50 bits per heavy atom. The molecular weight excluding hydrogens is 224 g/mol. The number of aromatic nitrogens is 2. The van der Waals surface area contributed by atoms with Crippen LogP contribution in [-0.4, -0.2) is 41.9 Å². The fourth-order valence-corrected chi connectivity index (χ4v) is 1.98. The lowest BCUT2D eigenvalue weighted by Crippen LogP contribution is -2.27. The highest BCUT2D eigenvalue weighted by Crippen LogP contribution is 2.21. The van der Waals surface area contributed by atoms with Gasteiger partial charge in [0.15, 0.2) is 0 Å². The van der Waals surface area contributed by atoms with Crippen molar-refractivity contribution in [2.24, 2.45) is 7.05 Å². The van der Waals surface area contributed by atoms with Gasteiger partial charge in [0.1, 0.15) is 0 Å². The van der Waals surface area contributed by atoms with Gasteiger partial charge in [-0.2, -0.15) is 5.10 Å². The average Bonchev–Trinajstić information content (AvgIpc) is 2.53. The van der Waals surface area contributed by atoms with Crippen molar-refractivity contribution in [2.75, 3.05) is 27.2 Å². The summed E-state index contributed by atoms with van der Waals surface area (Å²) in [6, 6.07) is 0. The molecule has 0 spiro atoms. The van der Waals surface area contributed by atoms with Crippen LogP contribution in [0.15, 0.2) is 0 Å². The van der Waals surface area contributed by atoms with Crippen LogP contribution in [0.3, 0.4) is 0 Å². The fourth-order valence-electron chi connectivity index (χ4n) is 1.63. The summed E-state index contributed by atoms with van der Waals surface area (Å²) in [6.45, 7) is 4.89. The second-order valence-electron chi connectivity index (χ2n) is 4.03. The smallest absolute Gasteiger partial charge is 0.0863 e. The zero-order chi connectivity index (χ0) is 12.1. The molecule has 0 aliphatic carbocycles. The number of hydrogen-bond acceptors (Lipinski definition) is 3. The molecule has 0 radical (unpaired) electrons. The number of aryl methyl sites for hydroxylation is 2. The third-order valence-corrected chi connectivity index (χ3v) is 3.10. The van der Waals surface area contributed by atoms with E-state index in [1.807, 2.05) is 18.8 Å². The quantitative estimate of drug-likeness (QED) is 0.819. The van der Waals surface area contributed by atoms with Gasteiger partial charge in [0.25, 0.3) is 0 Å². The first kappa shape index (κ1) is 13.5. The summed E-state index contributed by atoms with van der Waals surface area (Å²) in [4.78, 5) is 2.23. The summed E-state index contributed by atoms with van der Waals surface area (Å²) >= 11 is 6.28. The molecular formula is C11H21ClN4. The molecule has 0 aliphatic rings. The molecule has 16 heavy (non-hydrogen) atoms. The minimum Gasteiger partial charge on any atom is -0.318 e. The molecule has 0 saturated heterocycles. The lowest BCUT2D eigenvalue weighted by Gasteiger charge is -2.16. The van der Waals surface area contributed by atoms with E-state index in [9.17, 15) is 0 Å². The summed E-state index contributed by atoms with van der Waals surface area (Å²) in [6.07, 6.45) is 0.882. The molecule has 0 aliphatic heterocycles. The van der Waals surface area contributed by atoms with Crippen LogP contribution in [0.5, 0.6) is 0 Å². The Labute approximate surface area is 103 Å². The van der Waals surface area contributed by atoms with Crippen LogP contribution < -0.4 is 5.32 Å². The molecule has 0 saturated carbocycles. The summed E-state index contributed by atoms with van der Waals surface area (Å²) < 4.78 is 1.89. The summed E-state index contributed by atoms with van der Waals surface area (Å²) in [7, 11) is 6.00. The molecule has 1 aromatic rings. The van der Waals surface area contributed by atoms with E-state index in [1.165, 1.54) is 0 Å². The molecule has 1 aromatic heterocycles. The van der Waals surface area contributed by atoms with Gasteiger partial charge in [0, 0.05) is 26.7 Å². The molecule has 0 atom stereocenters. The van der Waals surface area contributed by atoms with Crippen LogP contribution in [0, 0.1) is 0 Å². The molecule has 5 heteroatoms. The Balaban J connectivity index is 2.69. The Kier molecular flexibility index (Phi) is 5.25. The summed E-state index contributed by atoms with van der Waals surface area (Å²) in [5.74, 6) is 0. The highest BCUT2D eigenvalue weighted by molar-refractivity contribution is 6.31. The Hall–Kier alpha value is -0.580. The van der Waals surface area contributed by atoms with Crippen LogP contribution in [0.25, 0.3) is 0 Å². The van der Waals surface area contributed by atoms with Gasteiger partial charge in [-0.15, -0.1) is 0 Å². The van der Waals surface area contributed by atoms with Crippen LogP contribution in [0.4, 0.5) is 0 Å². The van der Waals surface area contributed by atoms with Crippen LogP contribution in [0.1, 0.15) is 18.3 Å². The van der Waals surface area contributed by atoms with Crippen molar-refractivity contribution in [3.63, 3.8) is 0 Å². The first-order valence-corrected chi connectivity index (χ1v) is 6.01. The topological polar surface area (TPSA) is 33.1 Å². The van der Waals surface area contributed by atoms with E-state index < -0.39 is 0 Å². The molecule has 0 fully saturated rings. The van der Waals surface area contributed by atoms with Crippen LogP contribution in [0.2, 0.25) is 5.02 Å². The monoisotopic (exact) mass is 244 g/mol. The first-order chi connectivity index (χ1) is 7.60. The normalized spacial score (nSPS) is 11.4. The second kappa shape index (κ2) is 6.23. The molecule has 1 heterocycles. The van der Waals surface area contributed by atoms with E-state index in [2.05, 4.69) is 29.3 Å². The summed E-state index contributed by atoms with van der Waals surface area (Å²) in [5.41, 5.74) is 2.08. The van der Waals surface area contributed by atoms with Gasteiger partial charge in [-0.25, -0.2) is 0 Å². The highest BCUT2D eigenvalue weighted by Gasteiger charge is 2.14. The third kappa shape index (κ3) is 3.20. The zero-order valence-corrected chi connectivity index (χ0v) is 11.3. The molecule has 4 nitrogen and oxygen atoms in total. The zero-order valence-electron chi connectivity index (χ0n) is 10.5. The van der Waals surface area contributed by atoms with Crippen LogP contribution >= 0.6 is 11.6 Å². The minimum atomic E-state index is 0.821.